The first-order valence-corrected chi connectivity index (χ1v) is 5.93. The molecule has 6 nitrogen and oxygen atoms in total. The molecule has 0 unspecified atom stereocenters. The minimum atomic E-state index is -0.247. The van der Waals surface area contributed by atoms with Gasteiger partial charge in [-0.25, -0.2) is 9.97 Å². The summed E-state index contributed by atoms with van der Waals surface area (Å²) in [4.78, 5) is 37.1. The van der Waals surface area contributed by atoms with Gasteiger partial charge in [-0.05, 0) is 12.1 Å². The highest BCUT2D eigenvalue weighted by Crippen LogP contribution is 2.27. The van der Waals surface area contributed by atoms with Crippen molar-refractivity contribution >= 4 is 28.7 Å². The average molecular weight is 252 g/mol. The summed E-state index contributed by atoms with van der Waals surface area (Å²) in [5.41, 5.74) is 1.26. The molecule has 19 heavy (non-hydrogen) atoms. The summed E-state index contributed by atoms with van der Waals surface area (Å²) in [6.07, 6.45) is 3.67. The van der Waals surface area contributed by atoms with Crippen LogP contribution in [0.5, 0.6) is 0 Å². The van der Waals surface area contributed by atoms with Gasteiger partial charge in [0, 0.05) is 31.1 Å². The molecule has 2 aliphatic rings. The van der Waals surface area contributed by atoms with Crippen molar-refractivity contribution in [1.29, 1.82) is 0 Å². The largest absolute Gasteiger partial charge is 0.292 e. The zero-order valence-electron chi connectivity index (χ0n) is 9.83. The van der Waals surface area contributed by atoms with Gasteiger partial charge < -0.3 is 0 Å². The smallest absolute Gasteiger partial charge is 0.267 e. The summed E-state index contributed by atoms with van der Waals surface area (Å²) < 4.78 is 1.41. The van der Waals surface area contributed by atoms with Gasteiger partial charge in [-0.15, -0.1) is 0 Å². The van der Waals surface area contributed by atoms with Crippen molar-refractivity contribution in [3.05, 3.63) is 40.1 Å². The number of aromatic nitrogens is 3. The molecule has 0 saturated heterocycles. The van der Waals surface area contributed by atoms with Gasteiger partial charge in [-0.1, -0.05) is 0 Å². The van der Waals surface area contributed by atoms with E-state index in [0.29, 0.717) is 35.3 Å². The second-order valence-electron chi connectivity index (χ2n) is 4.43. The van der Waals surface area contributed by atoms with Gasteiger partial charge >= 0.3 is 0 Å². The molecule has 0 atom stereocenters. The number of carbonyl (C=O) groups is 1. The molecule has 2 aromatic heterocycles. The number of nitrogens with zero attached hydrogens (tertiary/aromatic N) is 4. The molecule has 0 amide bonds. The van der Waals surface area contributed by atoms with Gasteiger partial charge in [-0.2, -0.15) is 0 Å². The van der Waals surface area contributed by atoms with E-state index in [1.54, 1.807) is 18.3 Å². The van der Waals surface area contributed by atoms with E-state index in [9.17, 15) is 9.59 Å². The van der Waals surface area contributed by atoms with Crippen LogP contribution < -0.4 is 5.56 Å². The van der Waals surface area contributed by atoms with Crippen LogP contribution in [-0.2, 0) is 0 Å². The zero-order chi connectivity index (χ0) is 13.0. The summed E-state index contributed by atoms with van der Waals surface area (Å²) in [6.45, 7) is 0.586. The highest BCUT2D eigenvalue weighted by molar-refractivity contribution is 6.27. The third kappa shape index (κ3) is 1.22. The van der Waals surface area contributed by atoms with Crippen molar-refractivity contribution in [2.75, 3.05) is 6.54 Å². The normalized spacial score (nSPS) is 16.9. The predicted molar refractivity (Wildman–Crippen MR) is 69.3 cm³/mol. The number of allylic oxidation sites excluding steroid dienone is 1. The quantitative estimate of drug-likeness (QED) is 0.690. The number of Topliss-reactive ketones (excluding diaryl/α,β-unsaturated/α-hetero) is 1. The number of pyridine rings is 1. The molecule has 0 radical (unpaired) electrons. The molecule has 2 aromatic rings. The maximum absolute atomic E-state index is 12.5. The molecule has 4 heterocycles. The first kappa shape index (κ1) is 10.3. The third-order valence-electron chi connectivity index (χ3n) is 3.37. The van der Waals surface area contributed by atoms with Crippen LogP contribution in [-0.4, -0.2) is 33.1 Å². The summed E-state index contributed by atoms with van der Waals surface area (Å²) in [5.74, 6) is -0.0994. The van der Waals surface area contributed by atoms with Crippen molar-refractivity contribution in [3.63, 3.8) is 0 Å². The number of hydrogen-bond acceptors (Lipinski definition) is 5. The Kier molecular flexibility index (Phi) is 1.87. The van der Waals surface area contributed by atoms with E-state index in [0.717, 1.165) is 0 Å². The number of dihydropyridines is 1. The SMILES string of the molecule is O=C1C2=C(CCN=C2)n2c1nc1ncccc1c2=O. The Balaban J connectivity index is 2.16. The van der Waals surface area contributed by atoms with Crippen LogP contribution >= 0.6 is 0 Å². The van der Waals surface area contributed by atoms with Crippen molar-refractivity contribution in [2.24, 2.45) is 4.99 Å². The number of aliphatic imine (C=N–C) groups is 1. The fourth-order valence-corrected chi connectivity index (χ4v) is 2.50. The molecule has 0 N–H and O–H groups in total. The van der Waals surface area contributed by atoms with Gasteiger partial charge in [0.25, 0.3) is 5.56 Å². The Morgan fingerprint density at radius 2 is 2.16 bits per heavy atom. The van der Waals surface area contributed by atoms with Crippen LogP contribution in [0.3, 0.4) is 0 Å². The number of hydrogen-bond donors (Lipinski definition) is 0. The molecule has 0 spiro atoms. The Labute approximate surface area is 107 Å². The molecular weight excluding hydrogens is 244 g/mol. The number of ketones is 1. The van der Waals surface area contributed by atoms with Crippen LogP contribution in [0.25, 0.3) is 16.7 Å². The number of carbonyl (C=O) groups excluding carboxylic acids is 1. The minimum absolute atomic E-state index is 0.148. The van der Waals surface area contributed by atoms with Crippen molar-refractivity contribution in [3.8, 4) is 0 Å². The highest BCUT2D eigenvalue weighted by Gasteiger charge is 2.32. The monoisotopic (exact) mass is 252 g/mol. The topological polar surface area (TPSA) is 77.2 Å². The van der Waals surface area contributed by atoms with E-state index in [1.165, 1.54) is 10.8 Å². The van der Waals surface area contributed by atoms with Crippen LogP contribution in [0.2, 0.25) is 0 Å². The Morgan fingerprint density at radius 3 is 3.05 bits per heavy atom. The first-order chi connectivity index (χ1) is 9.27. The molecule has 0 fully saturated rings. The Morgan fingerprint density at radius 1 is 1.26 bits per heavy atom. The lowest BCUT2D eigenvalue weighted by atomic mass is 10.1. The lowest BCUT2D eigenvalue weighted by Gasteiger charge is -2.09. The number of rotatable bonds is 0. The van der Waals surface area contributed by atoms with Crippen molar-refractivity contribution < 1.29 is 4.79 Å². The Bertz CT molecular complexity index is 861. The lowest BCUT2D eigenvalue weighted by Crippen LogP contribution is -2.23. The molecule has 92 valence electrons. The summed E-state index contributed by atoms with van der Waals surface area (Å²) in [5, 5.41) is 0.426. The van der Waals surface area contributed by atoms with Gasteiger partial charge in [-0.3, -0.25) is 19.1 Å². The molecule has 0 bridgehead atoms. The predicted octanol–water partition coefficient (Wildman–Crippen LogP) is 0.673. The van der Waals surface area contributed by atoms with Gasteiger partial charge in [0.1, 0.15) is 0 Å². The molecule has 2 aliphatic heterocycles. The average Bonchev–Trinajstić information content (AvgIpc) is 2.74. The maximum atomic E-state index is 12.5. The van der Waals surface area contributed by atoms with Crippen molar-refractivity contribution in [2.45, 2.75) is 6.42 Å². The zero-order valence-corrected chi connectivity index (χ0v) is 9.83. The van der Waals surface area contributed by atoms with E-state index in [2.05, 4.69) is 15.0 Å². The molecule has 4 rings (SSSR count). The van der Waals surface area contributed by atoms with Crippen LogP contribution in [0, 0.1) is 0 Å². The number of fused-ring (bicyclic) bond motifs is 3. The van der Waals surface area contributed by atoms with Crippen LogP contribution in [0.4, 0.5) is 0 Å². The molecule has 0 aliphatic carbocycles. The lowest BCUT2D eigenvalue weighted by molar-refractivity contribution is 0.103. The van der Waals surface area contributed by atoms with Gasteiger partial charge in [0.2, 0.25) is 5.78 Å². The second-order valence-corrected chi connectivity index (χ2v) is 4.43. The maximum Gasteiger partial charge on any atom is 0.267 e. The fourth-order valence-electron chi connectivity index (χ4n) is 2.50. The van der Waals surface area contributed by atoms with E-state index < -0.39 is 0 Å². The molecule has 6 heteroatoms. The third-order valence-corrected chi connectivity index (χ3v) is 3.37. The van der Waals surface area contributed by atoms with Gasteiger partial charge in [0.05, 0.1) is 11.0 Å². The minimum Gasteiger partial charge on any atom is -0.292 e. The molecular formula is C13H8N4O2. The second kappa shape index (κ2) is 3.44. The standard InChI is InChI=1S/C13H8N4O2/c18-10-8-6-14-5-3-9(8)17-12(10)16-11-7(13(17)19)2-1-4-15-11/h1-2,4,6H,3,5H2. The first-order valence-electron chi connectivity index (χ1n) is 5.93. The molecule has 0 aromatic carbocycles. The van der Waals surface area contributed by atoms with Gasteiger partial charge in [0.15, 0.2) is 11.5 Å². The highest BCUT2D eigenvalue weighted by atomic mass is 16.1. The van der Waals surface area contributed by atoms with E-state index in [-0.39, 0.29) is 17.2 Å². The fraction of sp³-hybridized carbons (Fsp3) is 0.154. The summed E-state index contributed by atoms with van der Waals surface area (Å²) in [6, 6.07) is 3.36. The Hall–Kier alpha value is -2.63. The van der Waals surface area contributed by atoms with Crippen LogP contribution in [0.1, 0.15) is 17.0 Å². The summed E-state index contributed by atoms with van der Waals surface area (Å²) >= 11 is 0. The summed E-state index contributed by atoms with van der Waals surface area (Å²) in [7, 11) is 0. The molecule has 0 saturated carbocycles. The van der Waals surface area contributed by atoms with E-state index >= 15 is 0 Å². The van der Waals surface area contributed by atoms with E-state index in [1.807, 2.05) is 0 Å². The van der Waals surface area contributed by atoms with E-state index in [4.69, 9.17) is 0 Å². The van der Waals surface area contributed by atoms with Crippen molar-refractivity contribution in [1.82, 2.24) is 14.5 Å². The van der Waals surface area contributed by atoms with Crippen LogP contribution in [0.15, 0.2) is 33.7 Å².